The highest BCUT2D eigenvalue weighted by Gasteiger charge is 2.25. The molecule has 1 fully saturated rings. The third-order valence-electron chi connectivity index (χ3n) is 5.92. The molecule has 1 atom stereocenters. The van der Waals surface area contributed by atoms with Crippen LogP contribution in [-0.2, 0) is 9.73 Å². The first-order valence-electron chi connectivity index (χ1n) is 11.2. The number of nitrogens with one attached hydrogen (secondary N) is 2. The minimum Gasteiger partial charge on any atom is -0.354 e. The largest absolute Gasteiger partial charge is 0.354 e. The first-order chi connectivity index (χ1) is 15.8. The van der Waals surface area contributed by atoms with Gasteiger partial charge in [-0.1, -0.05) is 49.2 Å². The molecule has 172 valence electrons. The summed E-state index contributed by atoms with van der Waals surface area (Å²) in [4.78, 5) is 16.1. The lowest BCUT2D eigenvalue weighted by molar-refractivity contribution is 0.102. The Bertz CT molecular complexity index is 1250. The van der Waals surface area contributed by atoms with Crippen LogP contribution in [0.25, 0.3) is 11.3 Å². The molecule has 8 heteroatoms. The molecule has 1 aliphatic heterocycles. The van der Waals surface area contributed by atoms with Crippen LogP contribution in [0.15, 0.2) is 59.5 Å². The predicted octanol–water partition coefficient (Wildman–Crippen LogP) is 5.12. The molecular weight excluding hydrogens is 434 g/mol. The number of anilines is 2. The number of aromatic nitrogens is 2. The van der Waals surface area contributed by atoms with Crippen LogP contribution in [0.1, 0.15) is 41.6 Å². The molecule has 0 saturated carbocycles. The van der Waals surface area contributed by atoms with E-state index in [1.54, 1.807) is 24.3 Å². The summed E-state index contributed by atoms with van der Waals surface area (Å²) in [6.07, 6.45) is 5.82. The lowest BCUT2D eigenvalue weighted by Crippen LogP contribution is -2.29. The summed E-state index contributed by atoms with van der Waals surface area (Å²) in [5, 5.41) is 12.0. The fourth-order valence-corrected chi connectivity index (χ4v) is 4.85. The zero-order chi connectivity index (χ0) is 23.4. The summed E-state index contributed by atoms with van der Waals surface area (Å²) in [5.41, 5.74) is 3.35. The van der Waals surface area contributed by atoms with Crippen LogP contribution in [0.2, 0.25) is 0 Å². The molecule has 1 aliphatic rings. The maximum Gasteiger partial charge on any atom is 0.259 e. The van der Waals surface area contributed by atoms with Gasteiger partial charge in [-0.15, -0.1) is 10.2 Å². The number of benzene rings is 2. The quantitative estimate of drug-likeness (QED) is 0.547. The summed E-state index contributed by atoms with van der Waals surface area (Å²) >= 11 is 0. The summed E-state index contributed by atoms with van der Waals surface area (Å²) in [7, 11) is -2.89. The van der Waals surface area contributed by atoms with Crippen molar-refractivity contribution in [3.05, 3.63) is 65.7 Å². The lowest BCUT2D eigenvalue weighted by Gasteiger charge is -2.25. The molecule has 0 radical (unpaired) electrons. The average Bonchev–Trinajstić information content (AvgIpc) is 3.08. The van der Waals surface area contributed by atoms with Crippen LogP contribution in [0.5, 0.6) is 0 Å². The second-order valence-electron chi connectivity index (χ2n) is 8.47. The van der Waals surface area contributed by atoms with Crippen LogP contribution in [0.4, 0.5) is 11.5 Å². The van der Waals surface area contributed by atoms with Crippen LogP contribution >= 0.6 is 0 Å². The summed E-state index contributed by atoms with van der Waals surface area (Å²) in [6, 6.07) is 16.4. The number of rotatable bonds is 5. The number of amides is 1. The standard InChI is InChI=1S/C25H29N5O2S/c1-18-22(25(31)27-20-13-10-14-21(17-20)33(2,26)32)24(30-15-8-3-4-9-16-30)29-28-23(18)19-11-6-5-7-12-19/h5-7,10-14,17,26H,3-4,8-9,15-16H2,1-2H3,(H,27,31). The van der Waals surface area contributed by atoms with Crippen LogP contribution in [-0.4, -0.2) is 39.7 Å². The van der Waals surface area contributed by atoms with Crippen molar-refractivity contribution in [3.63, 3.8) is 0 Å². The van der Waals surface area contributed by atoms with Gasteiger partial charge in [-0.25, -0.2) is 8.99 Å². The normalized spacial score (nSPS) is 16.0. The lowest BCUT2D eigenvalue weighted by atomic mass is 10.0. The van der Waals surface area contributed by atoms with Gasteiger partial charge in [-0.2, -0.15) is 0 Å². The zero-order valence-corrected chi connectivity index (χ0v) is 19.8. The topological polar surface area (TPSA) is 99.0 Å². The second kappa shape index (κ2) is 9.70. The van der Waals surface area contributed by atoms with Gasteiger partial charge < -0.3 is 10.2 Å². The van der Waals surface area contributed by atoms with Crippen LogP contribution < -0.4 is 10.2 Å². The first-order valence-corrected chi connectivity index (χ1v) is 13.1. The number of hydrogen-bond acceptors (Lipinski definition) is 6. The Hall–Kier alpha value is -3.26. The fraction of sp³-hybridized carbons (Fsp3) is 0.320. The molecule has 1 saturated heterocycles. The fourth-order valence-electron chi connectivity index (χ4n) is 4.16. The van der Waals surface area contributed by atoms with Crippen LogP contribution in [0, 0.1) is 11.7 Å². The number of carbonyl (C=O) groups excluding carboxylic acids is 1. The number of carbonyl (C=O) groups is 1. The molecular formula is C25H29N5O2S. The summed E-state index contributed by atoms with van der Waals surface area (Å²) in [6.45, 7) is 3.59. The molecule has 3 aromatic rings. The Kier molecular flexibility index (Phi) is 6.74. The van der Waals surface area contributed by atoms with Crippen molar-refractivity contribution in [3.8, 4) is 11.3 Å². The monoisotopic (exact) mass is 463 g/mol. The van der Waals surface area contributed by atoms with Crippen molar-refractivity contribution in [1.82, 2.24) is 10.2 Å². The van der Waals surface area contributed by atoms with Crippen molar-refractivity contribution in [2.24, 2.45) is 0 Å². The summed E-state index contributed by atoms with van der Waals surface area (Å²) < 4.78 is 20.0. The minimum atomic E-state index is -2.89. The van der Waals surface area contributed by atoms with Crippen molar-refractivity contribution < 1.29 is 9.00 Å². The minimum absolute atomic E-state index is 0.288. The molecule has 2 aromatic carbocycles. The van der Waals surface area contributed by atoms with E-state index in [2.05, 4.69) is 20.4 Å². The van der Waals surface area contributed by atoms with Crippen molar-refractivity contribution in [2.45, 2.75) is 37.5 Å². The molecule has 1 unspecified atom stereocenters. The average molecular weight is 464 g/mol. The SMILES string of the molecule is Cc1c(-c2ccccc2)nnc(N2CCCCCC2)c1C(=O)Nc1cccc(S(C)(=N)=O)c1. The van der Waals surface area contributed by atoms with Gasteiger partial charge in [0.15, 0.2) is 5.82 Å². The molecule has 0 spiro atoms. The van der Waals surface area contributed by atoms with Gasteiger partial charge in [-0.05, 0) is 43.5 Å². The van der Waals surface area contributed by atoms with Crippen molar-refractivity contribution in [2.75, 3.05) is 29.6 Å². The van der Waals surface area contributed by atoms with E-state index in [-0.39, 0.29) is 5.91 Å². The van der Waals surface area contributed by atoms with Crippen LogP contribution in [0.3, 0.4) is 0 Å². The molecule has 2 N–H and O–H groups in total. The Morgan fingerprint density at radius 3 is 2.36 bits per heavy atom. The summed E-state index contributed by atoms with van der Waals surface area (Å²) in [5.74, 6) is 0.311. The highest BCUT2D eigenvalue weighted by molar-refractivity contribution is 7.91. The van der Waals surface area contributed by atoms with Gasteiger partial charge in [0.05, 0.1) is 21.0 Å². The maximum absolute atomic E-state index is 13.6. The molecule has 1 aromatic heterocycles. The molecule has 1 amide bonds. The van der Waals surface area contributed by atoms with E-state index < -0.39 is 9.73 Å². The Morgan fingerprint density at radius 1 is 1.00 bits per heavy atom. The van der Waals surface area contributed by atoms with Gasteiger partial charge in [0.1, 0.15) is 0 Å². The molecule has 7 nitrogen and oxygen atoms in total. The third-order valence-corrected chi connectivity index (χ3v) is 7.07. The van der Waals surface area contributed by atoms with E-state index in [1.165, 1.54) is 19.1 Å². The van der Waals surface area contributed by atoms with Gasteiger partial charge in [-0.3, -0.25) is 4.79 Å². The zero-order valence-electron chi connectivity index (χ0n) is 19.0. The van der Waals surface area contributed by atoms with E-state index >= 15 is 0 Å². The van der Waals surface area contributed by atoms with Gasteiger partial charge >= 0.3 is 0 Å². The van der Waals surface area contributed by atoms with E-state index in [4.69, 9.17) is 4.78 Å². The van der Waals surface area contributed by atoms with Gasteiger partial charge in [0.25, 0.3) is 5.91 Å². The van der Waals surface area contributed by atoms with E-state index in [9.17, 15) is 9.00 Å². The highest BCUT2D eigenvalue weighted by Crippen LogP contribution is 2.30. The third kappa shape index (κ3) is 5.22. The Labute approximate surface area is 195 Å². The molecule has 33 heavy (non-hydrogen) atoms. The molecule has 0 bridgehead atoms. The Balaban J connectivity index is 1.77. The predicted molar refractivity (Wildman–Crippen MR) is 132 cm³/mol. The maximum atomic E-state index is 13.6. The number of hydrogen-bond donors (Lipinski definition) is 2. The highest BCUT2D eigenvalue weighted by atomic mass is 32.2. The first kappa shape index (κ1) is 22.9. The number of nitrogens with zero attached hydrogens (tertiary/aromatic N) is 3. The van der Waals surface area contributed by atoms with Crippen molar-refractivity contribution in [1.29, 1.82) is 4.78 Å². The van der Waals surface area contributed by atoms with E-state index in [0.717, 1.165) is 37.1 Å². The van der Waals surface area contributed by atoms with Gasteiger partial charge in [0, 0.05) is 35.5 Å². The molecule has 2 heterocycles. The van der Waals surface area contributed by atoms with E-state index in [1.807, 2.05) is 37.3 Å². The van der Waals surface area contributed by atoms with Crippen molar-refractivity contribution >= 4 is 27.1 Å². The smallest absolute Gasteiger partial charge is 0.259 e. The molecule has 4 rings (SSSR count). The van der Waals surface area contributed by atoms with E-state index in [0.29, 0.717) is 27.7 Å². The second-order valence-corrected chi connectivity index (χ2v) is 10.6. The van der Waals surface area contributed by atoms with Gasteiger partial charge in [0.2, 0.25) is 0 Å². The Morgan fingerprint density at radius 2 is 1.70 bits per heavy atom. The molecule has 0 aliphatic carbocycles.